The van der Waals surface area contributed by atoms with E-state index in [0.29, 0.717) is 5.65 Å². The molecule has 0 aliphatic heterocycles. The Morgan fingerprint density at radius 3 is 2.54 bits per heavy atom. The highest BCUT2D eigenvalue weighted by Crippen LogP contribution is 2.27. The Morgan fingerprint density at radius 1 is 1.17 bits per heavy atom. The van der Waals surface area contributed by atoms with Crippen molar-refractivity contribution in [1.82, 2.24) is 13.7 Å². The van der Waals surface area contributed by atoms with Gasteiger partial charge in [0.15, 0.2) is 0 Å². The van der Waals surface area contributed by atoms with Crippen LogP contribution in [-0.4, -0.2) is 36.3 Å². The van der Waals surface area contributed by atoms with E-state index in [2.05, 4.69) is 4.98 Å². The Morgan fingerprint density at radius 2 is 1.88 bits per heavy atom. The minimum Gasteiger partial charge on any atom is -0.497 e. The van der Waals surface area contributed by atoms with Crippen molar-refractivity contribution in [3.8, 4) is 5.75 Å². The van der Waals surface area contributed by atoms with Gasteiger partial charge in [-0.2, -0.15) is 4.31 Å². The molecule has 0 aliphatic carbocycles. The molecule has 2 heterocycles. The lowest BCUT2D eigenvalue weighted by Crippen LogP contribution is -2.30. The third-order valence-corrected chi connectivity index (χ3v) is 6.09. The Bertz CT molecular complexity index is 949. The van der Waals surface area contributed by atoms with Crippen LogP contribution in [0.1, 0.15) is 18.5 Å². The molecule has 3 aromatic rings. The number of fused-ring (bicyclic) bond motifs is 1. The van der Waals surface area contributed by atoms with Crippen LogP contribution in [0.3, 0.4) is 0 Å². The van der Waals surface area contributed by atoms with E-state index in [0.717, 1.165) is 11.3 Å². The van der Waals surface area contributed by atoms with Crippen molar-refractivity contribution in [1.29, 1.82) is 0 Å². The molecule has 0 radical (unpaired) electrons. The van der Waals surface area contributed by atoms with E-state index >= 15 is 0 Å². The van der Waals surface area contributed by atoms with E-state index in [1.807, 2.05) is 31.2 Å². The van der Waals surface area contributed by atoms with Crippen LogP contribution in [0.4, 0.5) is 0 Å². The van der Waals surface area contributed by atoms with Gasteiger partial charge in [0.2, 0.25) is 10.0 Å². The van der Waals surface area contributed by atoms with Crippen molar-refractivity contribution >= 4 is 15.7 Å². The second-order valence-corrected chi connectivity index (χ2v) is 7.53. The third kappa shape index (κ3) is 2.88. The van der Waals surface area contributed by atoms with Gasteiger partial charge in [0.25, 0.3) is 0 Å². The molecule has 0 saturated carbocycles. The molecule has 0 unspecified atom stereocenters. The molecule has 6 nitrogen and oxygen atoms in total. The molecule has 126 valence electrons. The lowest BCUT2D eigenvalue weighted by atomic mass is 10.1. The molecule has 0 fully saturated rings. The number of aromatic nitrogens is 2. The van der Waals surface area contributed by atoms with E-state index in [1.165, 1.54) is 4.31 Å². The largest absolute Gasteiger partial charge is 0.497 e. The maximum Gasteiger partial charge on any atom is 0.244 e. The number of hydrogen-bond acceptors (Lipinski definition) is 4. The van der Waals surface area contributed by atoms with Crippen molar-refractivity contribution in [2.24, 2.45) is 0 Å². The second kappa shape index (κ2) is 6.26. The van der Waals surface area contributed by atoms with Crippen LogP contribution < -0.4 is 4.74 Å². The minimum absolute atomic E-state index is 0.232. The fraction of sp³-hybridized carbons (Fsp3) is 0.235. The molecule has 24 heavy (non-hydrogen) atoms. The monoisotopic (exact) mass is 345 g/mol. The number of ether oxygens (including phenoxy) is 1. The fourth-order valence-electron chi connectivity index (χ4n) is 2.52. The van der Waals surface area contributed by atoms with Crippen LogP contribution in [-0.2, 0) is 10.0 Å². The second-order valence-electron chi connectivity index (χ2n) is 5.53. The van der Waals surface area contributed by atoms with Crippen molar-refractivity contribution in [3.05, 3.63) is 60.6 Å². The van der Waals surface area contributed by atoms with Gasteiger partial charge in [-0.15, -0.1) is 0 Å². The number of rotatable bonds is 5. The average Bonchev–Trinajstić information content (AvgIpc) is 3.08. The molecular formula is C17H19N3O3S. The van der Waals surface area contributed by atoms with Gasteiger partial charge in [-0.1, -0.05) is 12.1 Å². The molecule has 0 saturated heterocycles. The Kier molecular flexibility index (Phi) is 4.29. The van der Waals surface area contributed by atoms with Crippen molar-refractivity contribution in [2.45, 2.75) is 17.9 Å². The van der Waals surface area contributed by atoms with E-state index in [1.54, 1.807) is 49.3 Å². The summed E-state index contributed by atoms with van der Waals surface area (Å²) in [6, 6.07) is 10.4. The van der Waals surface area contributed by atoms with Gasteiger partial charge < -0.3 is 9.14 Å². The maximum absolute atomic E-state index is 12.9. The first-order valence-electron chi connectivity index (χ1n) is 7.48. The summed E-state index contributed by atoms with van der Waals surface area (Å²) in [5.74, 6) is 0.738. The molecule has 1 aromatic carbocycles. The number of sulfonamides is 1. The molecule has 0 spiro atoms. The summed E-state index contributed by atoms with van der Waals surface area (Å²) in [6.45, 7) is 1.86. The van der Waals surface area contributed by atoms with E-state index < -0.39 is 10.0 Å². The van der Waals surface area contributed by atoms with Gasteiger partial charge in [0.1, 0.15) is 11.4 Å². The Hall–Kier alpha value is -2.38. The van der Waals surface area contributed by atoms with E-state index in [-0.39, 0.29) is 10.9 Å². The zero-order valence-electron chi connectivity index (χ0n) is 13.7. The van der Waals surface area contributed by atoms with Crippen LogP contribution in [0.25, 0.3) is 5.65 Å². The molecule has 1 atom stereocenters. The summed E-state index contributed by atoms with van der Waals surface area (Å²) >= 11 is 0. The van der Waals surface area contributed by atoms with E-state index in [4.69, 9.17) is 4.74 Å². The molecule has 7 heteroatoms. The van der Waals surface area contributed by atoms with Crippen LogP contribution >= 0.6 is 0 Å². The Labute approximate surface area is 141 Å². The Balaban J connectivity index is 1.92. The summed E-state index contributed by atoms with van der Waals surface area (Å²) in [6.07, 6.45) is 4.94. The first kappa shape index (κ1) is 16.5. The number of nitrogens with zero attached hydrogens (tertiary/aromatic N) is 3. The van der Waals surface area contributed by atoms with Crippen LogP contribution in [0.15, 0.2) is 59.9 Å². The lowest BCUT2D eigenvalue weighted by Gasteiger charge is -2.25. The zero-order chi connectivity index (χ0) is 17.3. The molecule has 3 rings (SSSR count). The SMILES string of the molecule is COc1ccc([C@H](C)N(C)S(=O)(=O)c2ccc3nccn3c2)cc1. The highest BCUT2D eigenvalue weighted by Gasteiger charge is 2.26. The van der Waals surface area contributed by atoms with Crippen LogP contribution in [0.2, 0.25) is 0 Å². The molecule has 0 amide bonds. The predicted molar refractivity (Wildman–Crippen MR) is 91.5 cm³/mol. The lowest BCUT2D eigenvalue weighted by molar-refractivity contribution is 0.396. The van der Waals surface area contributed by atoms with Crippen LogP contribution in [0.5, 0.6) is 5.75 Å². The van der Waals surface area contributed by atoms with Crippen molar-refractivity contribution < 1.29 is 13.2 Å². The minimum atomic E-state index is -3.62. The average molecular weight is 345 g/mol. The molecule has 0 aliphatic rings. The summed E-state index contributed by atoms with van der Waals surface area (Å²) in [4.78, 5) is 4.36. The topological polar surface area (TPSA) is 63.9 Å². The highest BCUT2D eigenvalue weighted by molar-refractivity contribution is 7.89. The first-order chi connectivity index (χ1) is 11.4. The highest BCUT2D eigenvalue weighted by atomic mass is 32.2. The number of hydrogen-bond donors (Lipinski definition) is 0. The van der Waals surface area contributed by atoms with Gasteiger partial charge in [-0.3, -0.25) is 0 Å². The quantitative estimate of drug-likeness (QED) is 0.713. The fourth-order valence-corrected chi connectivity index (χ4v) is 3.88. The smallest absolute Gasteiger partial charge is 0.244 e. The maximum atomic E-state index is 12.9. The van der Waals surface area contributed by atoms with Gasteiger partial charge in [-0.25, -0.2) is 13.4 Å². The molecule has 2 aromatic heterocycles. The van der Waals surface area contributed by atoms with Gasteiger partial charge in [-0.05, 0) is 36.8 Å². The predicted octanol–water partition coefficient (Wildman–Crippen LogP) is 2.72. The third-order valence-electron chi connectivity index (χ3n) is 4.18. The first-order valence-corrected chi connectivity index (χ1v) is 8.92. The van der Waals surface area contributed by atoms with Crippen molar-refractivity contribution in [3.63, 3.8) is 0 Å². The molecule has 0 N–H and O–H groups in total. The van der Waals surface area contributed by atoms with Gasteiger partial charge in [0.05, 0.1) is 12.0 Å². The molecule has 0 bridgehead atoms. The standard InChI is InChI=1S/C17H19N3O3S/c1-13(14-4-6-15(23-3)7-5-14)19(2)24(21,22)16-8-9-17-18-10-11-20(17)12-16/h4-13H,1-3H3/t13-/m0/s1. The molecular weight excluding hydrogens is 326 g/mol. The summed E-state index contributed by atoms with van der Waals surface area (Å²) < 4.78 is 34.0. The number of benzene rings is 1. The summed E-state index contributed by atoms with van der Waals surface area (Å²) in [5.41, 5.74) is 1.60. The van der Waals surface area contributed by atoms with Gasteiger partial charge >= 0.3 is 0 Å². The van der Waals surface area contributed by atoms with Crippen molar-refractivity contribution in [2.75, 3.05) is 14.2 Å². The zero-order valence-corrected chi connectivity index (χ0v) is 14.6. The number of imidazole rings is 1. The van der Waals surface area contributed by atoms with Gasteiger partial charge in [0, 0.05) is 31.7 Å². The summed E-state index contributed by atoms with van der Waals surface area (Å²) in [7, 11) is -0.434. The number of pyridine rings is 1. The number of methoxy groups -OCH3 is 1. The normalized spacial score (nSPS) is 13.3. The summed E-state index contributed by atoms with van der Waals surface area (Å²) in [5, 5.41) is 0. The van der Waals surface area contributed by atoms with Crippen LogP contribution in [0, 0.1) is 0 Å². The van der Waals surface area contributed by atoms with E-state index in [9.17, 15) is 8.42 Å².